The Morgan fingerprint density at radius 1 is 1.25 bits per heavy atom. The molecule has 0 aliphatic carbocycles. The van der Waals surface area contributed by atoms with Crippen LogP contribution in [0.4, 0.5) is 0 Å². The van der Waals surface area contributed by atoms with E-state index in [1.807, 2.05) is 6.92 Å². The van der Waals surface area contributed by atoms with E-state index in [0.29, 0.717) is 12.3 Å². The topological polar surface area (TPSA) is 51.0 Å². The van der Waals surface area contributed by atoms with Crippen molar-refractivity contribution in [1.82, 2.24) is 15.5 Å². The van der Waals surface area contributed by atoms with Crippen molar-refractivity contribution in [2.24, 2.45) is 0 Å². The minimum atomic E-state index is 0.107. The van der Waals surface area contributed by atoms with Crippen LogP contribution in [0.3, 0.4) is 0 Å². The van der Waals surface area contributed by atoms with Crippen LogP contribution in [0.25, 0.3) is 0 Å². The SMILES string of the molecule is CCCNC(C)c1nc(Cc2ccc(C)c(C)c2)no1. The van der Waals surface area contributed by atoms with Crippen molar-refractivity contribution in [3.8, 4) is 0 Å². The Morgan fingerprint density at radius 2 is 2.05 bits per heavy atom. The highest BCUT2D eigenvalue weighted by Gasteiger charge is 2.13. The highest BCUT2D eigenvalue weighted by molar-refractivity contribution is 5.31. The largest absolute Gasteiger partial charge is 0.338 e. The Hall–Kier alpha value is -1.68. The van der Waals surface area contributed by atoms with Crippen molar-refractivity contribution < 1.29 is 4.52 Å². The van der Waals surface area contributed by atoms with Gasteiger partial charge in [-0.15, -0.1) is 0 Å². The van der Waals surface area contributed by atoms with Crippen LogP contribution < -0.4 is 5.32 Å². The molecule has 1 heterocycles. The molecule has 4 nitrogen and oxygen atoms in total. The summed E-state index contributed by atoms with van der Waals surface area (Å²) in [4.78, 5) is 4.47. The van der Waals surface area contributed by atoms with Gasteiger partial charge < -0.3 is 9.84 Å². The Balaban J connectivity index is 2.03. The molecule has 0 aliphatic rings. The maximum Gasteiger partial charge on any atom is 0.243 e. The third-order valence-corrected chi connectivity index (χ3v) is 3.49. The Labute approximate surface area is 120 Å². The van der Waals surface area contributed by atoms with E-state index in [1.165, 1.54) is 16.7 Å². The lowest BCUT2D eigenvalue weighted by atomic mass is 10.0. The zero-order valence-electron chi connectivity index (χ0n) is 12.7. The van der Waals surface area contributed by atoms with E-state index in [1.54, 1.807) is 0 Å². The van der Waals surface area contributed by atoms with Gasteiger partial charge in [0.05, 0.1) is 6.04 Å². The number of nitrogens with one attached hydrogen (secondary N) is 1. The van der Waals surface area contributed by atoms with Gasteiger partial charge >= 0.3 is 0 Å². The highest BCUT2D eigenvalue weighted by atomic mass is 16.5. The van der Waals surface area contributed by atoms with Gasteiger partial charge in [0.25, 0.3) is 0 Å². The summed E-state index contributed by atoms with van der Waals surface area (Å²) >= 11 is 0. The summed E-state index contributed by atoms with van der Waals surface area (Å²) in [6.45, 7) is 9.38. The molecule has 4 heteroatoms. The summed E-state index contributed by atoms with van der Waals surface area (Å²) in [5.74, 6) is 1.41. The van der Waals surface area contributed by atoms with Gasteiger partial charge in [-0.2, -0.15) is 4.98 Å². The number of nitrogens with zero attached hydrogens (tertiary/aromatic N) is 2. The molecule has 1 unspecified atom stereocenters. The molecule has 0 aliphatic heterocycles. The quantitative estimate of drug-likeness (QED) is 0.877. The van der Waals surface area contributed by atoms with E-state index in [2.05, 4.69) is 54.4 Å². The first-order valence-electron chi connectivity index (χ1n) is 7.22. The molecule has 0 radical (unpaired) electrons. The van der Waals surface area contributed by atoms with Crippen LogP contribution in [0, 0.1) is 13.8 Å². The first-order valence-corrected chi connectivity index (χ1v) is 7.22. The van der Waals surface area contributed by atoms with Gasteiger partial charge in [-0.05, 0) is 50.4 Å². The second-order valence-corrected chi connectivity index (χ2v) is 5.32. The van der Waals surface area contributed by atoms with Crippen LogP contribution in [0.15, 0.2) is 22.7 Å². The molecule has 20 heavy (non-hydrogen) atoms. The van der Waals surface area contributed by atoms with E-state index >= 15 is 0 Å². The fourth-order valence-electron chi connectivity index (χ4n) is 2.06. The predicted octanol–water partition coefficient (Wildman–Crippen LogP) is 3.34. The van der Waals surface area contributed by atoms with Gasteiger partial charge in [0.15, 0.2) is 5.82 Å². The van der Waals surface area contributed by atoms with Gasteiger partial charge in [-0.1, -0.05) is 30.3 Å². The van der Waals surface area contributed by atoms with Crippen molar-refractivity contribution in [1.29, 1.82) is 0 Å². The fourth-order valence-corrected chi connectivity index (χ4v) is 2.06. The normalized spacial score (nSPS) is 12.6. The molecule has 0 amide bonds. The molecule has 0 saturated heterocycles. The highest BCUT2D eigenvalue weighted by Crippen LogP contribution is 2.15. The lowest BCUT2D eigenvalue weighted by Crippen LogP contribution is -2.19. The Kier molecular flexibility index (Phi) is 4.90. The van der Waals surface area contributed by atoms with Crippen LogP contribution in [-0.2, 0) is 6.42 Å². The van der Waals surface area contributed by atoms with Crippen molar-refractivity contribution in [2.45, 2.75) is 46.6 Å². The number of benzene rings is 1. The zero-order chi connectivity index (χ0) is 14.5. The smallest absolute Gasteiger partial charge is 0.243 e. The summed E-state index contributed by atoms with van der Waals surface area (Å²) in [5.41, 5.74) is 3.82. The second kappa shape index (κ2) is 6.66. The van der Waals surface area contributed by atoms with Gasteiger partial charge in [0.2, 0.25) is 5.89 Å². The molecule has 1 atom stereocenters. The van der Waals surface area contributed by atoms with Crippen molar-refractivity contribution >= 4 is 0 Å². The molecule has 1 aromatic carbocycles. The lowest BCUT2D eigenvalue weighted by Gasteiger charge is -2.06. The standard InChI is InChI=1S/C16H23N3O/c1-5-8-17-13(4)16-18-15(19-20-16)10-14-7-6-11(2)12(3)9-14/h6-7,9,13,17H,5,8,10H2,1-4H3. The third-order valence-electron chi connectivity index (χ3n) is 3.49. The maximum atomic E-state index is 5.33. The Bertz CT molecular complexity index is 563. The second-order valence-electron chi connectivity index (χ2n) is 5.32. The average Bonchev–Trinajstić information content (AvgIpc) is 2.89. The van der Waals surface area contributed by atoms with Crippen LogP contribution >= 0.6 is 0 Å². The predicted molar refractivity (Wildman–Crippen MR) is 79.7 cm³/mol. The number of aryl methyl sites for hydroxylation is 2. The monoisotopic (exact) mass is 273 g/mol. The van der Waals surface area contributed by atoms with E-state index in [9.17, 15) is 0 Å². The minimum Gasteiger partial charge on any atom is -0.338 e. The molecular formula is C16H23N3O. The molecule has 0 spiro atoms. The van der Waals surface area contributed by atoms with Gasteiger partial charge in [-0.3, -0.25) is 0 Å². The molecule has 1 N–H and O–H groups in total. The summed E-state index contributed by atoms with van der Waals surface area (Å²) in [5, 5.41) is 7.41. The van der Waals surface area contributed by atoms with Crippen molar-refractivity contribution in [2.75, 3.05) is 6.54 Å². The van der Waals surface area contributed by atoms with E-state index in [4.69, 9.17) is 4.52 Å². The number of rotatable bonds is 6. The van der Waals surface area contributed by atoms with Crippen LogP contribution in [0.2, 0.25) is 0 Å². The fraction of sp³-hybridized carbons (Fsp3) is 0.500. The molecule has 1 aromatic heterocycles. The first-order chi connectivity index (χ1) is 9.60. The number of hydrogen-bond donors (Lipinski definition) is 1. The Morgan fingerprint density at radius 3 is 2.75 bits per heavy atom. The summed E-state index contributed by atoms with van der Waals surface area (Å²) in [6, 6.07) is 6.55. The van der Waals surface area contributed by atoms with Crippen LogP contribution in [-0.4, -0.2) is 16.7 Å². The summed E-state index contributed by atoms with van der Waals surface area (Å²) in [7, 11) is 0. The molecule has 2 rings (SSSR count). The van der Waals surface area contributed by atoms with Crippen LogP contribution in [0.5, 0.6) is 0 Å². The lowest BCUT2D eigenvalue weighted by molar-refractivity contribution is 0.337. The molecule has 0 saturated carbocycles. The van der Waals surface area contributed by atoms with Crippen LogP contribution in [0.1, 0.15) is 54.7 Å². The minimum absolute atomic E-state index is 0.107. The van der Waals surface area contributed by atoms with Gasteiger partial charge in [0.1, 0.15) is 0 Å². The molecular weight excluding hydrogens is 250 g/mol. The average molecular weight is 273 g/mol. The van der Waals surface area contributed by atoms with E-state index in [-0.39, 0.29) is 6.04 Å². The third kappa shape index (κ3) is 3.67. The van der Waals surface area contributed by atoms with E-state index in [0.717, 1.165) is 18.8 Å². The van der Waals surface area contributed by atoms with E-state index < -0.39 is 0 Å². The molecule has 0 bridgehead atoms. The molecule has 108 valence electrons. The van der Waals surface area contributed by atoms with Crippen molar-refractivity contribution in [3.63, 3.8) is 0 Å². The number of hydrogen-bond acceptors (Lipinski definition) is 4. The summed E-state index contributed by atoms with van der Waals surface area (Å²) < 4.78 is 5.33. The van der Waals surface area contributed by atoms with Gasteiger partial charge in [-0.25, -0.2) is 0 Å². The number of aromatic nitrogens is 2. The molecule has 0 fully saturated rings. The summed E-state index contributed by atoms with van der Waals surface area (Å²) in [6.07, 6.45) is 1.80. The first kappa shape index (κ1) is 14.7. The molecule has 2 aromatic rings. The zero-order valence-corrected chi connectivity index (χ0v) is 12.7. The maximum absolute atomic E-state index is 5.33. The van der Waals surface area contributed by atoms with Gasteiger partial charge in [0, 0.05) is 6.42 Å². The van der Waals surface area contributed by atoms with Crippen molar-refractivity contribution in [3.05, 3.63) is 46.6 Å².